The van der Waals surface area contributed by atoms with Crippen LogP contribution in [-0.2, 0) is 16.0 Å². The van der Waals surface area contributed by atoms with Crippen molar-refractivity contribution >= 4 is 23.2 Å². The highest BCUT2D eigenvalue weighted by Crippen LogP contribution is 2.19. The lowest BCUT2D eigenvalue weighted by Crippen LogP contribution is -2.43. The summed E-state index contributed by atoms with van der Waals surface area (Å²) in [5.74, 6) is -1.18. The molecule has 0 bridgehead atoms. The number of benzene rings is 1. The van der Waals surface area contributed by atoms with E-state index in [1.165, 1.54) is 0 Å². The van der Waals surface area contributed by atoms with Gasteiger partial charge in [0, 0.05) is 13.1 Å². The normalized spacial score (nSPS) is 12.0. The van der Waals surface area contributed by atoms with E-state index >= 15 is 0 Å². The summed E-state index contributed by atoms with van der Waals surface area (Å²) < 4.78 is 0. The average Bonchev–Trinajstić information content (AvgIpc) is 3.09. The first kappa shape index (κ1) is 18.2. The Kier molecular flexibility index (Phi) is 6.96. The molecule has 0 radical (unpaired) electrons. The molecule has 1 heterocycles. The summed E-state index contributed by atoms with van der Waals surface area (Å²) in [5, 5.41) is 9.43. The van der Waals surface area contributed by atoms with E-state index in [4.69, 9.17) is 0 Å². The van der Waals surface area contributed by atoms with Crippen molar-refractivity contribution < 1.29 is 9.59 Å². The first-order valence-corrected chi connectivity index (χ1v) is 8.80. The molecule has 128 valence electrons. The Morgan fingerprint density at radius 3 is 2.42 bits per heavy atom. The Balaban J connectivity index is 1.75. The van der Waals surface area contributed by atoms with Gasteiger partial charge >= 0.3 is 11.8 Å². The van der Waals surface area contributed by atoms with Crippen LogP contribution >= 0.6 is 11.3 Å². The van der Waals surface area contributed by atoms with E-state index in [0.29, 0.717) is 19.5 Å². The van der Waals surface area contributed by atoms with Crippen LogP contribution in [0.3, 0.4) is 0 Å². The van der Waals surface area contributed by atoms with Crippen molar-refractivity contribution in [1.29, 1.82) is 0 Å². The maximum absolute atomic E-state index is 11.9. The third-order valence-electron chi connectivity index (χ3n) is 3.76. The molecule has 2 N–H and O–H groups in total. The predicted octanol–water partition coefficient (Wildman–Crippen LogP) is 1.83. The van der Waals surface area contributed by atoms with E-state index in [1.54, 1.807) is 11.3 Å². The van der Waals surface area contributed by atoms with Crippen LogP contribution in [0.4, 0.5) is 0 Å². The molecule has 0 aliphatic rings. The van der Waals surface area contributed by atoms with Gasteiger partial charge in [0.15, 0.2) is 0 Å². The highest BCUT2D eigenvalue weighted by atomic mass is 32.1. The van der Waals surface area contributed by atoms with Gasteiger partial charge < -0.3 is 15.5 Å². The highest BCUT2D eigenvalue weighted by molar-refractivity contribution is 7.07. The number of nitrogens with zero attached hydrogens (tertiary/aromatic N) is 1. The molecule has 6 heteroatoms. The summed E-state index contributed by atoms with van der Waals surface area (Å²) in [7, 11) is 3.91. The van der Waals surface area contributed by atoms with E-state index in [2.05, 4.69) is 16.0 Å². The maximum Gasteiger partial charge on any atom is 0.309 e. The fraction of sp³-hybridized carbons (Fsp3) is 0.333. The van der Waals surface area contributed by atoms with E-state index in [-0.39, 0.29) is 6.04 Å². The number of hydrogen-bond acceptors (Lipinski definition) is 4. The van der Waals surface area contributed by atoms with Crippen molar-refractivity contribution in [2.75, 3.05) is 27.2 Å². The van der Waals surface area contributed by atoms with Gasteiger partial charge in [-0.05, 0) is 48.5 Å². The van der Waals surface area contributed by atoms with Crippen molar-refractivity contribution in [3.63, 3.8) is 0 Å². The third kappa shape index (κ3) is 5.47. The number of thiophene rings is 1. The van der Waals surface area contributed by atoms with Crippen molar-refractivity contribution in [2.24, 2.45) is 0 Å². The molecule has 0 fully saturated rings. The van der Waals surface area contributed by atoms with Crippen molar-refractivity contribution in [3.05, 3.63) is 58.3 Å². The lowest BCUT2D eigenvalue weighted by Gasteiger charge is -2.23. The van der Waals surface area contributed by atoms with Gasteiger partial charge in [0.2, 0.25) is 0 Å². The molecule has 0 spiro atoms. The minimum absolute atomic E-state index is 0.0531. The molecule has 0 aliphatic carbocycles. The summed E-state index contributed by atoms with van der Waals surface area (Å²) in [6.07, 6.45) is 0.703. The van der Waals surface area contributed by atoms with Crippen LogP contribution in [0.1, 0.15) is 17.2 Å². The number of carbonyl (C=O) groups is 2. The van der Waals surface area contributed by atoms with Gasteiger partial charge in [0.25, 0.3) is 0 Å². The van der Waals surface area contributed by atoms with Crippen LogP contribution < -0.4 is 10.6 Å². The molecule has 5 nitrogen and oxygen atoms in total. The Hall–Kier alpha value is -2.18. The van der Waals surface area contributed by atoms with Crippen molar-refractivity contribution in [2.45, 2.75) is 12.5 Å². The molecule has 0 saturated carbocycles. The molecule has 0 saturated heterocycles. The molecular formula is C18H23N3O2S. The van der Waals surface area contributed by atoms with Crippen LogP contribution in [0.5, 0.6) is 0 Å². The predicted molar refractivity (Wildman–Crippen MR) is 96.9 cm³/mol. The first-order valence-electron chi connectivity index (χ1n) is 7.86. The summed E-state index contributed by atoms with van der Waals surface area (Å²) in [4.78, 5) is 25.8. The van der Waals surface area contributed by atoms with Gasteiger partial charge in [0.05, 0.1) is 6.04 Å². The summed E-state index contributed by atoms with van der Waals surface area (Å²) >= 11 is 1.62. The van der Waals surface area contributed by atoms with Crippen LogP contribution in [0.15, 0.2) is 47.2 Å². The molecule has 2 aromatic rings. The van der Waals surface area contributed by atoms with Crippen molar-refractivity contribution in [3.8, 4) is 0 Å². The lowest BCUT2D eigenvalue weighted by molar-refractivity contribution is -0.139. The Bertz CT molecular complexity index is 642. The number of nitrogens with one attached hydrogen (secondary N) is 2. The van der Waals surface area contributed by atoms with Gasteiger partial charge in [-0.3, -0.25) is 9.59 Å². The number of rotatable bonds is 7. The summed E-state index contributed by atoms with van der Waals surface area (Å²) in [6.45, 7) is 0.840. The van der Waals surface area contributed by atoms with Gasteiger partial charge in [-0.25, -0.2) is 0 Å². The first-order chi connectivity index (χ1) is 11.6. The number of likely N-dealkylation sites (N-methyl/N-ethyl adjacent to an activating group) is 1. The number of amides is 2. The van der Waals surface area contributed by atoms with E-state index < -0.39 is 11.8 Å². The van der Waals surface area contributed by atoms with Crippen LogP contribution in [0.2, 0.25) is 0 Å². The van der Waals surface area contributed by atoms with E-state index in [9.17, 15) is 9.59 Å². The zero-order chi connectivity index (χ0) is 17.4. The molecule has 1 aromatic heterocycles. The number of carbonyl (C=O) groups excluding carboxylic acids is 2. The zero-order valence-electron chi connectivity index (χ0n) is 14.0. The second-order valence-corrected chi connectivity index (χ2v) is 6.52. The van der Waals surface area contributed by atoms with Crippen molar-refractivity contribution in [1.82, 2.24) is 15.5 Å². The van der Waals surface area contributed by atoms with E-state index in [1.807, 2.05) is 60.8 Å². The standard InChI is InChI=1S/C18H23N3O2S/c1-21(2)16(15-9-11-24-13-15)12-20-18(23)17(22)19-10-8-14-6-4-3-5-7-14/h3-7,9,11,13,16H,8,10,12H2,1-2H3,(H,19,22)(H,20,23). The van der Waals surface area contributed by atoms with Crippen LogP contribution in [0, 0.1) is 0 Å². The fourth-order valence-electron chi connectivity index (χ4n) is 2.38. The van der Waals surface area contributed by atoms with Gasteiger partial charge in [-0.2, -0.15) is 11.3 Å². The topological polar surface area (TPSA) is 61.4 Å². The Morgan fingerprint density at radius 1 is 1.08 bits per heavy atom. The van der Waals surface area contributed by atoms with Gasteiger partial charge in [0.1, 0.15) is 0 Å². The maximum atomic E-state index is 11.9. The monoisotopic (exact) mass is 345 g/mol. The fourth-order valence-corrected chi connectivity index (χ4v) is 3.09. The SMILES string of the molecule is CN(C)C(CNC(=O)C(=O)NCCc1ccccc1)c1ccsc1. The molecule has 1 unspecified atom stereocenters. The smallest absolute Gasteiger partial charge is 0.309 e. The Morgan fingerprint density at radius 2 is 1.79 bits per heavy atom. The molecule has 24 heavy (non-hydrogen) atoms. The minimum atomic E-state index is -0.592. The average molecular weight is 345 g/mol. The van der Waals surface area contributed by atoms with Gasteiger partial charge in [-0.15, -0.1) is 0 Å². The molecule has 2 rings (SSSR count). The minimum Gasteiger partial charge on any atom is -0.348 e. The molecule has 1 atom stereocenters. The van der Waals surface area contributed by atoms with Crippen LogP contribution in [0.25, 0.3) is 0 Å². The summed E-state index contributed by atoms with van der Waals surface area (Å²) in [5.41, 5.74) is 2.26. The molecular weight excluding hydrogens is 322 g/mol. The number of hydrogen-bond donors (Lipinski definition) is 2. The van der Waals surface area contributed by atoms with Crippen LogP contribution in [-0.4, -0.2) is 43.9 Å². The second-order valence-electron chi connectivity index (χ2n) is 5.74. The third-order valence-corrected chi connectivity index (χ3v) is 4.46. The molecule has 1 aromatic carbocycles. The zero-order valence-corrected chi connectivity index (χ0v) is 14.8. The Labute approximate surface area is 146 Å². The van der Waals surface area contributed by atoms with E-state index in [0.717, 1.165) is 11.1 Å². The molecule has 0 aliphatic heterocycles. The largest absolute Gasteiger partial charge is 0.348 e. The quantitative estimate of drug-likeness (QED) is 0.753. The van der Waals surface area contributed by atoms with Gasteiger partial charge in [-0.1, -0.05) is 30.3 Å². The highest BCUT2D eigenvalue weighted by Gasteiger charge is 2.18. The molecule has 2 amide bonds. The second kappa shape index (κ2) is 9.20. The lowest BCUT2D eigenvalue weighted by atomic mass is 10.1. The summed E-state index contributed by atoms with van der Waals surface area (Å²) in [6, 6.07) is 11.9.